The van der Waals surface area contributed by atoms with E-state index in [1.165, 1.54) is 11.4 Å². The standard InChI is InChI=1S/C12H12AsN2/c1-3-7-14-11(5-1)9-13-10-12-6-2-4-8-15-12/h1-8H,9-10H2. The first-order valence-electron chi connectivity index (χ1n) is 4.88. The number of nitrogens with zero attached hydrogens (tertiary/aromatic N) is 2. The second kappa shape index (κ2) is 5.67. The van der Waals surface area contributed by atoms with E-state index < -0.39 is 0 Å². The van der Waals surface area contributed by atoms with Gasteiger partial charge >= 0.3 is 96.3 Å². The van der Waals surface area contributed by atoms with Crippen molar-refractivity contribution in [3.05, 3.63) is 60.2 Å². The van der Waals surface area contributed by atoms with Crippen LogP contribution < -0.4 is 0 Å². The molecule has 0 fully saturated rings. The quantitative estimate of drug-likeness (QED) is 0.783. The molecule has 2 aromatic rings. The Kier molecular flexibility index (Phi) is 3.92. The summed E-state index contributed by atoms with van der Waals surface area (Å²) >= 11 is 0.285. The average Bonchev–Trinajstić information content (AvgIpc) is 2.32. The van der Waals surface area contributed by atoms with Crippen LogP contribution >= 0.6 is 0 Å². The molecule has 0 saturated carbocycles. The maximum atomic E-state index is 4.31. The first-order valence-corrected chi connectivity index (χ1v) is 7.53. The van der Waals surface area contributed by atoms with Crippen molar-refractivity contribution in [2.75, 3.05) is 0 Å². The van der Waals surface area contributed by atoms with E-state index >= 15 is 0 Å². The van der Waals surface area contributed by atoms with Crippen LogP contribution in [0.15, 0.2) is 48.8 Å². The molecule has 0 N–H and O–H groups in total. The third-order valence-corrected chi connectivity index (χ3v) is 4.30. The monoisotopic (exact) mass is 259 g/mol. The van der Waals surface area contributed by atoms with E-state index in [1.54, 1.807) is 0 Å². The van der Waals surface area contributed by atoms with Gasteiger partial charge in [-0.25, -0.2) is 0 Å². The van der Waals surface area contributed by atoms with Crippen LogP contribution in [0.25, 0.3) is 0 Å². The van der Waals surface area contributed by atoms with Gasteiger partial charge in [-0.15, -0.1) is 0 Å². The molecule has 0 aliphatic carbocycles. The Morgan fingerprint density at radius 2 is 1.33 bits per heavy atom. The Bertz CT molecular complexity index is 349. The molecule has 0 bridgehead atoms. The predicted octanol–water partition coefficient (Wildman–Crippen LogP) is 1.88. The van der Waals surface area contributed by atoms with Crippen molar-refractivity contribution in [1.82, 2.24) is 9.97 Å². The van der Waals surface area contributed by atoms with Crippen molar-refractivity contribution >= 4 is 15.8 Å². The van der Waals surface area contributed by atoms with Crippen LogP contribution in [-0.4, -0.2) is 25.7 Å². The molecule has 0 atom stereocenters. The minimum absolute atomic E-state index is 0.285. The predicted molar refractivity (Wildman–Crippen MR) is 61.6 cm³/mol. The van der Waals surface area contributed by atoms with E-state index in [0.717, 1.165) is 10.4 Å². The zero-order valence-electron chi connectivity index (χ0n) is 8.37. The van der Waals surface area contributed by atoms with E-state index in [-0.39, 0.29) is 15.8 Å². The van der Waals surface area contributed by atoms with Gasteiger partial charge in [-0.1, -0.05) is 0 Å². The van der Waals surface area contributed by atoms with Crippen LogP contribution in [0.5, 0.6) is 0 Å². The molecule has 0 saturated heterocycles. The van der Waals surface area contributed by atoms with Gasteiger partial charge in [0, 0.05) is 0 Å². The van der Waals surface area contributed by atoms with Crippen molar-refractivity contribution < 1.29 is 0 Å². The third-order valence-electron chi connectivity index (χ3n) is 2.00. The number of pyridine rings is 2. The summed E-state index contributed by atoms with van der Waals surface area (Å²) in [7, 11) is 0. The van der Waals surface area contributed by atoms with E-state index in [2.05, 4.69) is 22.1 Å². The second-order valence-corrected chi connectivity index (χ2v) is 5.45. The molecule has 0 aliphatic rings. The first-order chi connectivity index (χ1) is 7.45. The van der Waals surface area contributed by atoms with Crippen molar-refractivity contribution in [1.29, 1.82) is 0 Å². The number of rotatable bonds is 4. The van der Waals surface area contributed by atoms with Crippen molar-refractivity contribution in [3.8, 4) is 0 Å². The van der Waals surface area contributed by atoms with Gasteiger partial charge < -0.3 is 0 Å². The molecular weight excluding hydrogens is 247 g/mol. The molecule has 3 heteroatoms. The van der Waals surface area contributed by atoms with Gasteiger partial charge in [-0.2, -0.15) is 0 Å². The minimum atomic E-state index is 0.285. The zero-order valence-corrected chi connectivity index (χ0v) is 10.3. The first kappa shape index (κ1) is 10.4. The SMILES string of the molecule is c1ccc(C[As]Cc2ccccn2)nc1. The van der Waals surface area contributed by atoms with Crippen molar-refractivity contribution in [2.24, 2.45) is 0 Å². The topological polar surface area (TPSA) is 25.8 Å². The molecule has 1 radical (unpaired) electrons. The van der Waals surface area contributed by atoms with Crippen LogP contribution in [0.3, 0.4) is 0 Å². The van der Waals surface area contributed by atoms with Gasteiger partial charge in [0.1, 0.15) is 0 Å². The van der Waals surface area contributed by atoms with Crippen LogP contribution in [0.1, 0.15) is 11.4 Å². The fourth-order valence-electron chi connectivity index (χ4n) is 1.27. The Balaban J connectivity index is 1.81. The Hall–Kier alpha value is -1.14. The van der Waals surface area contributed by atoms with E-state index in [0.29, 0.717) is 0 Å². The van der Waals surface area contributed by atoms with Crippen LogP contribution in [0, 0.1) is 0 Å². The molecule has 2 aromatic heterocycles. The second-order valence-electron chi connectivity index (χ2n) is 3.18. The molecule has 2 heterocycles. The Morgan fingerprint density at radius 3 is 1.73 bits per heavy atom. The van der Waals surface area contributed by atoms with Gasteiger partial charge in [-0.05, 0) is 0 Å². The summed E-state index contributed by atoms with van der Waals surface area (Å²) in [6, 6.07) is 12.2. The third kappa shape index (κ3) is 3.48. The summed E-state index contributed by atoms with van der Waals surface area (Å²) in [5.41, 5.74) is 2.40. The van der Waals surface area contributed by atoms with E-state index in [4.69, 9.17) is 0 Å². The van der Waals surface area contributed by atoms with Crippen LogP contribution in [0.2, 0.25) is 0 Å². The molecule has 75 valence electrons. The van der Waals surface area contributed by atoms with Gasteiger partial charge in [0.05, 0.1) is 0 Å². The normalized spacial score (nSPS) is 10.1. The molecule has 0 aliphatic heterocycles. The van der Waals surface area contributed by atoms with Crippen LogP contribution in [0.4, 0.5) is 0 Å². The summed E-state index contributed by atoms with van der Waals surface area (Å²) in [4.78, 5) is 8.63. The Morgan fingerprint density at radius 1 is 0.800 bits per heavy atom. The van der Waals surface area contributed by atoms with Gasteiger partial charge in [0.2, 0.25) is 0 Å². The average molecular weight is 259 g/mol. The molecule has 0 aromatic carbocycles. The number of aromatic nitrogens is 2. The summed E-state index contributed by atoms with van der Waals surface area (Å²) < 4.78 is 0. The van der Waals surface area contributed by atoms with Gasteiger partial charge in [0.25, 0.3) is 0 Å². The zero-order chi connectivity index (χ0) is 10.3. The van der Waals surface area contributed by atoms with Gasteiger partial charge in [-0.3, -0.25) is 0 Å². The fraction of sp³-hybridized carbons (Fsp3) is 0.167. The summed E-state index contributed by atoms with van der Waals surface area (Å²) in [6.07, 6.45) is 3.72. The summed E-state index contributed by atoms with van der Waals surface area (Å²) in [6.45, 7) is 0. The maximum absolute atomic E-state index is 4.31. The van der Waals surface area contributed by atoms with Gasteiger partial charge in [0.15, 0.2) is 0 Å². The van der Waals surface area contributed by atoms with E-state index in [9.17, 15) is 0 Å². The molecular formula is C12H12AsN2. The van der Waals surface area contributed by atoms with Crippen molar-refractivity contribution in [2.45, 2.75) is 10.4 Å². The molecule has 15 heavy (non-hydrogen) atoms. The number of hydrogen-bond acceptors (Lipinski definition) is 2. The molecule has 0 amide bonds. The fourth-order valence-corrected chi connectivity index (χ4v) is 3.25. The molecule has 2 nitrogen and oxygen atoms in total. The molecule has 0 spiro atoms. The van der Waals surface area contributed by atoms with E-state index in [1.807, 2.05) is 36.7 Å². The Labute approximate surface area is 96.5 Å². The summed E-state index contributed by atoms with van der Waals surface area (Å²) in [5.74, 6) is 0. The number of hydrogen-bond donors (Lipinski definition) is 0. The molecule has 2 rings (SSSR count). The van der Waals surface area contributed by atoms with Crippen LogP contribution in [-0.2, 0) is 10.4 Å². The summed E-state index contributed by atoms with van der Waals surface area (Å²) in [5, 5.41) is 2.24. The van der Waals surface area contributed by atoms with Crippen molar-refractivity contribution in [3.63, 3.8) is 0 Å². The molecule has 0 unspecified atom stereocenters.